The Labute approximate surface area is 220 Å². The molecule has 0 bridgehead atoms. The van der Waals surface area contributed by atoms with Crippen molar-refractivity contribution in [3.05, 3.63) is 0 Å². The van der Waals surface area contributed by atoms with Gasteiger partial charge in [-0.3, -0.25) is 4.79 Å². The van der Waals surface area contributed by atoms with Gasteiger partial charge in [0.05, 0.1) is 18.3 Å². The Morgan fingerprint density at radius 2 is 1.69 bits per heavy atom. The first-order chi connectivity index (χ1) is 16.2. The fourth-order valence-corrected chi connectivity index (χ4v) is 10.5. The molecule has 0 heterocycles. The normalized spacial score (nSPS) is 49.1. The van der Waals surface area contributed by atoms with Crippen molar-refractivity contribution in [2.45, 2.75) is 122 Å². The molecule has 5 nitrogen and oxygen atoms in total. The highest BCUT2D eigenvalue weighted by molar-refractivity contribution is 9.09. The summed E-state index contributed by atoms with van der Waals surface area (Å²) < 4.78 is 0. The molecule has 4 rings (SSSR count). The van der Waals surface area contributed by atoms with E-state index in [9.17, 15) is 25.2 Å². The van der Waals surface area contributed by atoms with Crippen LogP contribution in [-0.2, 0) is 4.79 Å². The molecule has 0 aromatic carbocycles. The summed E-state index contributed by atoms with van der Waals surface area (Å²) in [5.74, 6) is 1.44. The molecule has 4 N–H and O–H groups in total. The van der Waals surface area contributed by atoms with Crippen LogP contribution in [0.5, 0.6) is 0 Å². The van der Waals surface area contributed by atoms with Crippen molar-refractivity contribution in [2.75, 3.05) is 0 Å². The van der Waals surface area contributed by atoms with Gasteiger partial charge >= 0.3 is 0 Å². The summed E-state index contributed by atoms with van der Waals surface area (Å²) in [6.07, 6.45) is 3.96. The maximum Gasteiger partial charge on any atom is 0.165 e. The van der Waals surface area contributed by atoms with Crippen LogP contribution in [0.25, 0.3) is 0 Å². The number of rotatable bonds is 6. The highest BCUT2D eigenvalue weighted by Crippen LogP contribution is 2.68. The van der Waals surface area contributed by atoms with Crippen LogP contribution >= 0.6 is 15.9 Å². The van der Waals surface area contributed by atoms with E-state index in [4.69, 9.17) is 0 Å². The summed E-state index contributed by atoms with van der Waals surface area (Å²) in [4.78, 5) is 13.3. The minimum absolute atomic E-state index is 0.0121. The SMILES string of the molecule is CC[C@@H](C(C)C)[C@@H](O)[C@H](O)[C@@H](C)C1CCC2C3CC(=O)[C@@]4(O)C[C@H](Br)[C@@H](O)C[C@]4(C)C3CC[C@@]21C. The Morgan fingerprint density at radius 1 is 1.03 bits per heavy atom. The fourth-order valence-electron chi connectivity index (χ4n) is 9.83. The number of aliphatic hydroxyl groups excluding tert-OH is 3. The maximum absolute atomic E-state index is 13.5. The smallest absolute Gasteiger partial charge is 0.165 e. The van der Waals surface area contributed by atoms with Crippen molar-refractivity contribution in [1.82, 2.24) is 0 Å². The van der Waals surface area contributed by atoms with Gasteiger partial charge in [0.15, 0.2) is 5.78 Å². The monoisotopic (exact) mass is 556 g/mol. The molecule has 4 unspecified atom stereocenters. The Kier molecular flexibility index (Phi) is 7.70. The average Bonchev–Trinajstić information content (AvgIpc) is 3.13. The molecule has 4 saturated carbocycles. The minimum atomic E-state index is -1.37. The lowest BCUT2D eigenvalue weighted by atomic mass is 9.42. The van der Waals surface area contributed by atoms with Gasteiger partial charge in [0.1, 0.15) is 5.60 Å². The van der Waals surface area contributed by atoms with Crippen LogP contribution < -0.4 is 0 Å². The second kappa shape index (κ2) is 9.63. The van der Waals surface area contributed by atoms with Gasteiger partial charge in [0.2, 0.25) is 0 Å². The maximum atomic E-state index is 13.5. The standard InChI is InChI=1S/C29H49BrO5/c1-7-17(15(2)3)26(34)25(33)16(4)19-8-9-20-18-12-24(32)29(35)13-22(30)23(31)14-28(29,6)21(18)10-11-27(19,20)5/h15-23,25-26,31,33-35H,7-14H2,1-6H3/t16-,17-,18?,19?,20?,21?,22-,23-,25+,26+,27+,28+,29-/m0/s1. The molecule has 0 radical (unpaired) electrons. The predicted molar refractivity (Wildman–Crippen MR) is 141 cm³/mol. The molecule has 0 aromatic rings. The van der Waals surface area contributed by atoms with Gasteiger partial charge in [-0.1, -0.05) is 63.9 Å². The number of hydrogen-bond acceptors (Lipinski definition) is 5. The Bertz CT molecular complexity index is 804. The van der Waals surface area contributed by atoms with E-state index >= 15 is 0 Å². The van der Waals surface area contributed by atoms with E-state index in [1.807, 2.05) is 0 Å². The summed E-state index contributed by atoms with van der Waals surface area (Å²) in [7, 11) is 0. The summed E-state index contributed by atoms with van der Waals surface area (Å²) in [6, 6.07) is 0. The quantitative estimate of drug-likeness (QED) is 0.355. The average molecular weight is 558 g/mol. The van der Waals surface area contributed by atoms with Crippen LogP contribution in [0.1, 0.15) is 92.9 Å². The predicted octanol–water partition coefficient (Wildman–Crippen LogP) is 4.71. The zero-order valence-corrected chi connectivity index (χ0v) is 24.2. The summed E-state index contributed by atoms with van der Waals surface area (Å²) >= 11 is 3.51. The van der Waals surface area contributed by atoms with E-state index < -0.39 is 29.3 Å². The van der Waals surface area contributed by atoms with E-state index in [-0.39, 0.29) is 46.1 Å². The Hall–Kier alpha value is -0.0100. The summed E-state index contributed by atoms with van der Waals surface area (Å²) in [6.45, 7) is 12.8. The van der Waals surface area contributed by atoms with Crippen LogP contribution in [0.3, 0.4) is 0 Å². The second-order valence-corrected chi connectivity index (χ2v) is 14.8. The van der Waals surface area contributed by atoms with Gasteiger partial charge in [0, 0.05) is 16.7 Å². The molecule has 35 heavy (non-hydrogen) atoms. The zero-order valence-electron chi connectivity index (χ0n) is 22.6. The van der Waals surface area contributed by atoms with Crippen LogP contribution in [0.4, 0.5) is 0 Å². The highest BCUT2D eigenvalue weighted by Gasteiger charge is 2.68. The van der Waals surface area contributed by atoms with E-state index in [1.165, 1.54) is 0 Å². The van der Waals surface area contributed by atoms with Gasteiger partial charge in [-0.2, -0.15) is 0 Å². The number of fused-ring (bicyclic) bond motifs is 5. The van der Waals surface area contributed by atoms with Crippen molar-refractivity contribution in [1.29, 1.82) is 0 Å². The van der Waals surface area contributed by atoms with E-state index in [0.29, 0.717) is 30.6 Å². The first-order valence-electron chi connectivity index (χ1n) is 14.2. The number of Topliss-reactive ketones (excluding diaryl/α,β-unsaturated/α-hetero) is 1. The molecule has 0 aromatic heterocycles. The van der Waals surface area contributed by atoms with Crippen molar-refractivity contribution < 1.29 is 25.2 Å². The minimum Gasteiger partial charge on any atom is -0.392 e. The van der Waals surface area contributed by atoms with Crippen molar-refractivity contribution in [3.8, 4) is 0 Å². The van der Waals surface area contributed by atoms with Crippen LogP contribution in [0, 0.1) is 52.3 Å². The Balaban J connectivity index is 1.58. The molecule has 0 aliphatic heterocycles. The number of ketones is 1. The van der Waals surface area contributed by atoms with Gasteiger partial charge in [-0.05, 0) is 85.4 Å². The number of carbonyl (C=O) groups excluding carboxylic acids is 1. The van der Waals surface area contributed by atoms with Crippen molar-refractivity contribution in [3.63, 3.8) is 0 Å². The van der Waals surface area contributed by atoms with Gasteiger partial charge in [-0.25, -0.2) is 0 Å². The van der Waals surface area contributed by atoms with Crippen LogP contribution in [0.15, 0.2) is 0 Å². The number of carbonyl (C=O) groups is 1. The molecule has 4 aliphatic carbocycles. The van der Waals surface area contributed by atoms with Gasteiger partial charge in [-0.15, -0.1) is 0 Å². The fraction of sp³-hybridized carbons (Fsp3) is 0.966. The molecular weight excluding hydrogens is 508 g/mol. The number of aliphatic hydroxyl groups is 4. The lowest BCUT2D eigenvalue weighted by molar-refractivity contribution is -0.212. The molecule has 4 aliphatic rings. The third-order valence-corrected chi connectivity index (χ3v) is 12.9. The van der Waals surface area contributed by atoms with Crippen LogP contribution in [0.2, 0.25) is 0 Å². The second-order valence-electron chi connectivity index (χ2n) is 13.7. The Morgan fingerprint density at radius 3 is 2.29 bits per heavy atom. The lowest BCUT2D eigenvalue weighted by Crippen LogP contribution is -2.68. The van der Waals surface area contributed by atoms with E-state index in [2.05, 4.69) is 57.5 Å². The summed E-state index contributed by atoms with van der Waals surface area (Å²) in [5, 5.41) is 44.8. The molecule has 202 valence electrons. The highest BCUT2D eigenvalue weighted by atomic mass is 79.9. The van der Waals surface area contributed by atoms with Crippen molar-refractivity contribution in [2.24, 2.45) is 52.3 Å². The zero-order chi connectivity index (χ0) is 26.1. The topological polar surface area (TPSA) is 98.0 Å². The molecule has 0 saturated heterocycles. The third-order valence-electron chi connectivity index (χ3n) is 12.0. The molecule has 13 atom stereocenters. The third kappa shape index (κ3) is 4.11. The molecular formula is C29H49BrO5. The lowest BCUT2D eigenvalue weighted by Gasteiger charge is -2.63. The number of halogens is 1. The summed E-state index contributed by atoms with van der Waals surface area (Å²) in [5.41, 5.74) is -1.96. The number of alkyl halides is 1. The molecule has 6 heteroatoms. The molecule has 4 fully saturated rings. The van der Waals surface area contributed by atoms with E-state index in [0.717, 1.165) is 32.1 Å². The van der Waals surface area contributed by atoms with Gasteiger partial charge < -0.3 is 20.4 Å². The van der Waals surface area contributed by atoms with Crippen molar-refractivity contribution >= 4 is 21.7 Å². The van der Waals surface area contributed by atoms with E-state index in [1.54, 1.807) is 0 Å². The van der Waals surface area contributed by atoms with Gasteiger partial charge in [0.25, 0.3) is 0 Å². The first kappa shape index (κ1) is 28.0. The largest absolute Gasteiger partial charge is 0.392 e. The number of hydrogen-bond donors (Lipinski definition) is 4. The molecule has 0 amide bonds. The molecule has 0 spiro atoms. The first-order valence-corrected chi connectivity index (χ1v) is 15.1. The van der Waals surface area contributed by atoms with Crippen LogP contribution in [-0.4, -0.2) is 54.9 Å².